The molecule has 2 nitrogen and oxygen atoms in total. The first-order valence-corrected chi connectivity index (χ1v) is 4.42. The molecule has 0 N–H and O–H groups in total. The molecule has 0 radical (unpaired) electrons. The van der Waals surface area contributed by atoms with Gasteiger partial charge in [0.2, 0.25) is 0 Å². The van der Waals surface area contributed by atoms with E-state index in [2.05, 4.69) is 10.7 Å². The topological polar surface area (TPSA) is 26.3 Å². The van der Waals surface area contributed by atoms with Crippen molar-refractivity contribution in [2.75, 3.05) is 6.61 Å². The maximum absolute atomic E-state index is 9.34. The third kappa shape index (κ3) is 6.93. The Balaban J connectivity index is 0.000000255. The third-order valence-electron chi connectivity index (χ3n) is 1.33. The minimum atomic E-state index is 0.462. The van der Waals surface area contributed by atoms with E-state index in [4.69, 9.17) is 6.42 Å². The fourth-order valence-corrected chi connectivity index (χ4v) is 0.700. The Labute approximate surface area is 84.9 Å². The molecule has 2 heteroatoms. The Hall–Kier alpha value is -1.75. The molecule has 14 heavy (non-hydrogen) atoms. The molecule has 0 saturated carbocycles. The highest BCUT2D eigenvalue weighted by Gasteiger charge is 1.76. The SMILES string of the molecule is C#Cc1ccccc1.CCCOC=O. The van der Waals surface area contributed by atoms with Crippen LogP contribution in [0.1, 0.15) is 18.9 Å². The van der Waals surface area contributed by atoms with Crippen molar-refractivity contribution in [3.05, 3.63) is 35.9 Å². The number of hydrogen-bond donors (Lipinski definition) is 0. The summed E-state index contributed by atoms with van der Waals surface area (Å²) in [4.78, 5) is 9.34. The third-order valence-corrected chi connectivity index (χ3v) is 1.33. The van der Waals surface area contributed by atoms with Gasteiger partial charge in [-0.3, -0.25) is 4.79 Å². The molecule has 0 unspecified atom stereocenters. The van der Waals surface area contributed by atoms with Gasteiger partial charge in [-0.2, -0.15) is 0 Å². The number of hydrogen-bond acceptors (Lipinski definition) is 2. The van der Waals surface area contributed by atoms with Crippen LogP contribution in [0.25, 0.3) is 0 Å². The molecule has 1 aromatic carbocycles. The van der Waals surface area contributed by atoms with Gasteiger partial charge in [-0.05, 0) is 18.6 Å². The number of carbonyl (C=O) groups is 1. The lowest BCUT2D eigenvalue weighted by atomic mass is 10.2. The molecule has 0 spiro atoms. The Morgan fingerprint density at radius 3 is 2.36 bits per heavy atom. The van der Waals surface area contributed by atoms with Crippen molar-refractivity contribution in [3.63, 3.8) is 0 Å². The zero-order valence-electron chi connectivity index (χ0n) is 8.27. The molecule has 0 aliphatic rings. The average Bonchev–Trinajstić information content (AvgIpc) is 2.28. The van der Waals surface area contributed by atoms with E-state index in [1.807, 2.05) is 37.3 Å². The summed E-state index contributed by atoms with van der Waals surface area (Å²) in [7, 11) is 0. The predicted octanol–water partition coefficient (Wildman–Crippen LogP) is 2.24. The summed E-state index contributed by atoms with van der Waals surface area (Å²) in [5.41, 5.74) is 0.938. The zero-order chi connectivity index (χ0) is 10.6. The molecule has 0 atom stereocenters. The number of rotatable bonds is 3. The number of ether oxygens (including phenoxy) is 1. The Morgan fingerprint density at radius 2 is 2.07 bits per heavy atom. The van der Waals surface area contributed by atoms with Gasteiger partial charge in [0.1, 0.15) is 0 Å². The van der Waals surface area contributed by atoms with Crippen LogP contribution in [0.3, 0.4) is 0 Å². The molecule has 0 amide bonds. The minimum absolute atomic E-state index is 0.462. The molecule has 1 rings (SSSR count). The van der Waals surface area contributed by atoms with Gasteiger partial charge in [0.25, 0.3) is 6.47 Å². The summed E-state index contributed by atoms with van der Waals surface area (Å²) < 4.78 is 4.30. The van der Waals surface area contributed by atoms with Crippen LogP contribution < -0.4 is 0 Å². The van der Waals surface area contributed by atoms with Gasteiger partial charge in [-0.15, -0.1) is 6.42 Å². The van der Waals surface area contributed by atoms with Gasteiger partial charge in [0.05, 0.1) is 6.61 Å². The van der Waals surface area contributed by atoms with Crippen molar-refractivity contribution in [2.45, 2.75) is 13.3 Å². The number of benzene rings is 1. The molecular weight excluding hydrogens is 176 g/mol. The van der Waals surface area contributed by atoms with Gasteiger partial charge in [0, 0.05) is 5.56 Å². The predicted molar refractivity (Wildman–Crippen MR) is 56.7 cm³/mol. The zero-order valence-corrected chi connectivity index (χ0v) is 8.27. The van der Waals surface area contributed by atoms with E-state index in [-0.39, 0.29) is 0 Å². The maximum Gasteiger partial charge on any atom is 0.293 e. The normalized spacial score (nSPS) is 7.71. The molecular formula is C12H14O2. The molecule has 1 aromatic rings. The summed E-state index contributed by atoms with van der Waals surface area (Å²) >= 11 is 0. The lowest BCUT2D eigenvalue weighted by Crippen LogP contribution is -1.86. The molecule has 0 heterocycles. The Morgan fingerprint density at radius 1 is 1.43 bits per heavy atom. The van der Waals surface area contributed by atoms with E-state index in [0.29, 0.717) is 13.1 Å². The van der Waals surface area contributed by atoms with Crippen LogP contribution in [0.2, 0.25) is 0 Å². The van der Waals surface area contributed by atoms with Crippen LogP contribution in [0.4, 0.5) is 0 Å². The Bertz CT molecular complexity index is 272. The van der Waals surface area contributed by atoms with E-state index in [9.17, 15) is 4.79 Å². The van der Waals surface area contributed by atoms with Crippen molar-refractivity contribution in [1.82, 2.24) is 0 Å². The smallest absolute Gasteiger partial charge is 0.293 e. The second-order valence-electron chi connectivity index (χ2n) is 2.48. The summed E-state index contributed by atoms with van der Waals surface area (Å²) in [5.74, 6) is 2.53. The van der Waals surface area contributed by atoms with Gasteiger partial charge < -0.3 is 4.74 Å². The molecule has 0 aliphatic carbocycles. The van der Waals surface area contributed by atoms with Gasteiger partial charge in [0.15, 0.2) is 0 Å². The van der Waals surface area contributed by atoms with Crippen LogP contribution in [0.5, 0.6) is 0 Å². The highest BCUT2D eigenvalue weighted by atomic mass is 16.5. The molecule has 74 valence electrons. The maximum atomic E-state index is 9.34. The van der Waals surface area contributed by atoms with Crippen LogP contribution >= 0.6 is 0 Å². The summed E-state index contributed by atoms with van der Waals surface area (Å²) in [5, 5.41) is 0. The minimum Gasteiger partial charge on any atom is -0.468 e. The van der Waals surface area contributed by atoms with E-state index in [1.54, 1.807) is 0 Å². The van der Waals surface area contributed by atoms with Gasteiger partial charge in [-0.1, -0.05) is 31.0 Å². The summed E-state index contributed by atoms with van der Waals surface area (Å²) in [6, 6.07) is 9.60. The fraction of sp³-hybridized carbons (Fsp3) is 0.250. The molecule has 0 aliphatic heterocycles. The van der Waals surface area contributed by atoms with Gasteiger partial charge >= 0.3 is 0 Å². The lowest BCUT2D eigenvalue weighted by Gasteiger charge is -1.86. The van der Waals surface area contributed by atoms with E-state index in [0.717, 1.165) is 12.0 Å². The van der Waals surface area contributed by atoms with Gasteiger partial charge in [-0.25, -0.2) is 0 Å². The van der Waals surface area contributed by atoms with E-state index in [1.165, 1.54) is 0 Å². The lowest BCUT2D eigenvalue weighted by molar-refractivity contribution is -0.128. The molecule has 0 bridgehead atoms. The van der Waals surface area contributed by atoms with Crippen LogP contribution in [-0.4, -0.2) is 13.1 Å². The quantitative estimate of drug-likeness (QED) is 0.415. The van der Waals surface area contributed by atoms with Crippen LogP contribution in [0, 0.1) is 12.3 Å². The standard InChI is InChI=1S/C8H6.C4H8O2/c1-2-8-6-4-3-5-7-8;1-2-3-6-4-5/h1,3-7H;4H,2-3H2,1H3. The number of carbonyl (C=O) groups excluding carboxylic acids is 1. The van der Waals surface area contributed by atoms with Crippen molar-refractivity contribution in [3.8, 4) is 12.3 Å². The first-order valence-electron chi connectivity index (χ1n) is 4.42. The molecule has 0 aromatic heterocycles. The summed E-state index contributed by atoms with van der Waals surface area (Å²) in [6.45, 7) is 2.95. The summed E-state index contributed by atoms with van der Waals surface area (Å²) in [6.07, 6.45) is 6.00. The first-order chi connectivity index (χ1) is 6.85. The molecule has 0 fully saturated rings. The first kappa shape index (κ1) is 12.2. The van der Waals surface area contributed by atoms with Crippen molar-refractivity contribution in [1.29, 1.82) is 0 Å². The molecule has 0 saturated heterocycles. The van der Waals surface area contributed by atoms with Crippen molar-refractivity contribution < 1.29 is 9.53 Å². The highest BCUT2D eigenvalue weighted by Crippen LogP contribution is 1.92. The highest BCUT2D eigenvalue weighted by molar-refractivity contribution is 5.36. The monoisotopic (exact) mass is 190 g/mol. The second kappa shape index (κ2) is 9.34. The largest absolute Gasteiger partial charge is 0.468 e. The average molecular weight is 190 g/mol. The van der Waals surface area contributed by atoms with Crippen molar-refractivity contribution >= 4 is 6.47 Å². The Kier molecular flexibility index (Phi) is 8.17. The van der Waals surface area contributed by atoms with Crippen molar-refractivity contribution in [2.24, 2.45) is 0 Å². The van der Waals surface area contributed by atoms with E-state index < -0.39 is 0 Å². The van der Waals surface area contributed by atoms with E-state index >= 15 is 0 Å². The van der Waals surface area contributed by atoms with Crippen LogP contribution in [0.15, 0.2) is 30.3 Å². The fourth-order valence-electron chi connectivity index (χ4n) is 0.700. The number of terminal acetylenes is 1. The second-order valence-corrected chi connectivity index (χ2v) is 2.48. The van der Waals surface area contributed by atoms with Crippen LogP contribution in [-0.2, 0) is 9.53 Å².